The monoisotopic (exact) mass is 165 g/mol. The lowest BCUT2D eigenvalue weighted by Gasteiger charge is -2.09. The van der Waals surface area contributed by atoms with Crippen molar-refractivity contribution in [2.75, 3.05) is 13.6 Å². The molecule has 0 radical (unpaired) electrons. The number of nitriles is 1. The first-order chi connectivity index (χ1) is 5.75. The minimum atomic E-state index is -0.339. The van der Waals surface area contributed by atoms with Gasteiger partial charge in [0.1, 0.15) is 6.54 Å². The van der Waals surface area contributed by atoms with Crippen LogP contribution >= 0.6 is 0 Å². The van der Waals surface area contributed by atoms with Gasteiger partial charge in [-0.3, -0.25) is 4.79 Å². The zero-order valence-electron chi connectivity index (χ0n) is 6.52. The average molecular weight is 165 g/mol. The third-order valence-electron chi connectivity index (χ3n) is 1.30. The molecule has 0 unspecified atom stereocenters. The van der Waals surface area contributed by atoms with Gasteiger partial charge in [-0.1, -0.05) is 5.16 Å². The van der Waals surface area contributed by atoms with Gasteiger partial charge in [-0.2, -0.15) is 5.26 Å². The maximum absolute atomic E-state index is 11.2. The highest BCUT2D eigenvalue weighted by atomic mass is 16.5. The van der Waals surface area contributed by atoms with E-state index in [4.69, 9.17) is 5.26 Å². The van der Waals surface area contributed by atoms with Crippen molar-refractivity contribution in [1.82, 2.24) is 10.1 Å². The molecule has 5 nitrogen and oxygen atoms in total. The summed E-state index contributed by atoms with van der Waals surface area (Å²) in [6.07, 6.45) is 1.38. The number of aromatic nitrogens is 1. The molecule has 0 spiro atoms. The smallest absolute Gasteiger partial charge is 0.293 e. The second-order valence-electron chi connectivity index (χ2n) is 2.20. The Hall–Kier alpha value is -1.83. The van der Waals surface area contributed by atoms with Crippen LogP contribution in [0.1, 0.15) is 10.6 Å². The molecule has 0 atom stereocenters. The van der Waals surface area contributed by atoms with Gasteiger partial charge >= 0.3 is 0 Å². The van der Waals surface area contributed by atoms with Crippen molar-refractivity contribution in [3.63, 3.8) is 0 Å². The molecule has 0 saturated carbocycles. The molecule has 0 aliphatic rings. The van der Waals surface area contributed by atoms with Crippen molar-refractivity contribution in [3.8, 4) is 6.07 Å². The van der Waals surface area contributed by atoms with Crippen LogP contribution in [0.15, 0.2) is 16.8 Å². The van der Waals surface area contributed by atoms with Crippen LogP contribution in [0.2, 0.25) is 0 Å². The molecule has 0 aromatic carbocycles. The molecule has 0 saturated heterocycles. The number of hydrogen-bond donors (Lipinski definition) is 0. The van der Waals surface area contributed by atoms with Gasteiger partial charge < -0.3 is 9.42 Å². The molecule has 0 fully saturated rings. The fourth-order valence-corrected chi connectivity index (χ4v) is 0.692. The van der Waals surface area contributed by atoms with Crippen LogP contribution < -0.4 is 0 Å². The van der Waals surface area contributed by atoms with E-state index in [9.17, 15) is 4.79 Å². The SMILES string of the molecule is CN(CC#N)C(=O)c1ccno1. The van der Waals surface area contributed by atoms with Crippen LogP contribution in [-0.2, 0) is 0 Å². The first kappa shape index (κ1) is 8.27. The number of hydrogen-bond acceptors (Lipinski definition) is 4. The number of rotatable bonds is 2. The van der Waals surface area contributed by atoms with Crippen LogP contribution in [0.4, 0.5) is 0 Å². The van der Waals surface area contributed by atoms with Gasteiger partial charge in [0, 0.05) is 13.1 Å². The summed E-state index contributed by atoms with van der Waals surface area (Å²) >= 11 is 0. The maximum atomic E-state index is 11.2. The molecule has 1 heterocycles. The Morgan fingerprint density at radius 3 is 3.17 bits per heavy atom. The summed E-state index contributed by atoms with van der Waals surface area (Å²) in [6.45, 7) is 0.0412. The molecule has 1 aromatic heterocycles. The van der Waals surface area contributed by atoms with Crippen LogP contribution in [-0.4, -0.2) is 29.6 Å². The Morgan fingerprint density at radius 2 is 2.67 bits per heavy atom. The van der Waals surface area contributed by atoms with E-state index >= 15 is 0 Å². The summed E-state index contributed by atoms with van der Waals surface area (Å²) in [5.74, 6) is -0.193. The van der Waals surface area contributed by atoms with E-state index in [0.717, 1.165) is 0 Å². The molecular formula is C7H7N3O2. The lowest BCUT2D eigenvalue weighted by atomic mass is 10.4. The van der Waals surface area contributed by atoms with Crippen molar-refractivity contribution in [2.24, 2.45) is 0 Å². The standard InChI is InChI=1S/C7H7N3O2/c1-10(5-3-8)7(11)6-2-4-9-12-6/h2,4H,5H2,1H3. The van der Waals surface area contributed by atoms with E-state index in [2.05, 4.69) is 9.68 Å². The van der Waals surface area contributed by atoms with E-state index in [-0.39, 0.29) is 18.2 Å². The van der Waals surface area contributed by atoms with Gasteiger partial charge in [0.05, 0.1) is 12.3 Å². The van der Waals surface area contributed by atoms with Crippen LogP contribution in [0.25, 0.3) is 0 Å². The predicted molar refractivity (Wildman–Crippen MR) is 39.1 cm³/mol. The molecule has 5 heteroatoms. The second-order valence-corrected chi connectivity index (χ2v) is 2.20. The summed E-state index contributed by atoms with van der Waals surface area (Å²) in [4.78, 5) is 12.5. The third-order valence-corrected chi connectivity index (χ3v) is 1.30. The molecule has 1 amide bonds. The first-order valence-electron chi connectivity index (χ1n) is 3.29. The number of carbonyl (C=O) groups is 1. The van der Waals surface area contributed by atoms with Crippen molar-refractivity contribution >= 4 is 5.91 Å². The molecule has 0 aliphatic heterocycles. The lowest BCUT2D eigenvalue weighted by Crippen LogP contribution is -2.26. The predicted octanol–water partition coefficient (Wildman–Crippen LogP) is 0.270. The van der Waals surface area contributed by atoms with Gasteiger partial charge in [-0.05, 0) is 0 Å². The topological polar surface area (TPSA) is 70.1 Å². The highest BCUT2D eigenvalue weighted by Crippen LogP contribution is 2.00. The number of amides is 1. The quantitative estimate of drug-likeness (QED) is 0.590. The fourth-order valence-electron chi connectivity index (χ4n) is 0.692. The van der Waals surface area contributed by atoms with Gasteiger partial charge in [0.25, 0.3) is 5.91 Å². The number of nitrogens with zero attached hydrogens (tertiary/aromatic N) is 3. The molecule has 12 heavy (non-hydrogen) atoms. The summed E-state index contributed by atoms with van der Waals surface area (Å²) < 4.78 is 4.61. The van der Waals surface area contributed by atoms with Crippen molar-refractivity contribution in [1.29, 1.82) is 5.26 Å². The van der Waals surface area contributed by atoms with Crippen molar-refractivity contribution < 1.29 is 9.32 Å². The lowest BCUT2D eigenvalue weighted by molar-refractivity contribution is 0.0771. The summed E-state index contributed by atoms with van der Waals surface area (Å²) in [7, 11) is 1.52. The second kappa shape index (κ2) is 3.53. The summed E-state index contributed by atoms with van der Waals surface area (Å²) in [5.41, 5.74) is 0. The van der Waals surface area contributed by atoms with E-state index in [1.807, 2.05) is 6.07 Å². The highest BCUT2D eigenvalue weighted by molar-refractivity contribution is 5.91. The van der Waals surface area contributed by atoms with Crippen LogP contribution in [0.3, 0.4) is 0 Å². The number of carbonyl (C=O) groups excluding carboxylic acids is 1. The average Bonchev–Trinajstić information content (AvgIpc) is 2.55. The highest BCUT2D eigenvalue weighted by Gasteiger charge is 2.13. The zero-order chi connectivity index (χ0) is 8.97. The Balaban J connectivity index is 2.67. The van der Waals surface area contributed by atoms with Crippen molar-refractivity contribution in [3.05, 3.63) is 18.0 Å². The fraction of sp³-hybridized carbons (Fsp3) is 0.286. The van der Waals surface area contributed by atoms with Gasteiger partial charge in [0.2, 0.25) is 5.76 Å². The molecular weight excluding hydrogens is 158 g/mol. The third kappa shape index (κ3) is 1.61. The Morgan fingerprint density at radius 1 is 1.92 bits per heavy atom. The van der Waals surface area contributed by atoms with E-state index in [0.29, 0.717) is 0 Å². The molecule has 0 bridgehead atoms. The normalized spacial score (nSPS) is 9.00. The first-order valence-corrected chi connectivity index (χ1v) is 3.29. The van der Waals surface area contributed by atoms with Gasteiger partial charge in [-0.15, -0.1) is 0 Å². The molecule has 1 rings (SSSR count). The van der Waals surface area contributed by atoms with Gasteiger partial charge in [0.15, 0.2) is 0 Å². The van der Waals surface area contributed by atoms with Gasteiger partial charge in [-0.25, -0.2) is 0 Å². The summed E-state index contributed by atoms with van der Waals surface area (Å²) in [6, 6.07) is 3.31. The van der Waals surface area contributed by atoms with E-state index in [1.165, 1.54) is 24.2 Å². The van der Waals surface area contributed by atoms with E-state index in [1.54, 1.807) is 0 Å². The Bertz CT molecular complexity index is 299. The Labute approximate surface area is 69.2 Å². The van der Waals surface area contributed by atoms with Crippen LogP contribution in [0.5, 0.6) is 0 Å². The summed E-state index contributed by atoms with van der Waals surface area (Å²) in [5, 5.41) is 11.7. The minimum Gasteiger partial charge on any atom is -0.351 e. The Kier molecular flexibility index (Phi) is 2.43. The maximum Gasteiger partial charge on any atom is 0.293 e. The molecule has 1 aromatic rings. The van der Waals surface area contributed by atoms with E-state index < -0.39 is 0 Å². The molecule has 0 N–H and O–H groups in total. The molecule has 62 valence electrons. The largest absolute Gasteiger partial charge is 0.351 e. The minimum absolute atomic E-state index is 0.0412. The zero-order valence-corrected chi connectivity index (χ0v) is 6.52. The van der Waals surface area contributed by atoms with Crippen LogP contribution in [0, 0.1) is 11.3 Å². The van der Waals surface area contributed by atoms with Crippen molar-refractivity contribution in [2.45, 2.75) is 0 Å². The molecule has 0 aliphatic carbocycles.